The minimum absolute atomic E-state index is 0.0243. The average Bonchev–Trinajstić information content (AvgIpc) is 2.26. The monoisotopic (exact) mass is 244 g/mol. The number of nitrogens with zero attached hydrogens (tertiary/aromatic N) is 1. The van der Waals surface area contributed by atoms with Crippen LogP contribution in [0.25, 0.3) is 0 Å². The zero-order valence-electron chi connectivity index (χ0n) is 9.57. The molecule has 1 fully saturated rings. The first-order valence-electron chi connectivity index (χ1n) is 5.47. The smallest absolute Gasteiger partial charge is 0.246 e. The number of rotatable bonds is 4. The molecule has 90 valence electrons. The Morgan fingerprint density at radius 3 is 2.75 bits per heavy atom. The molecule has 0 aromatic rings. The van der Waals surface area contributed by atoms with Crippen molar-refractivity contribution in [3.05, 3.63) is 11.6 Å². The van der Waals surface area contributed by atoms with E-state index in [1.54, 1.807) is 17.9 Å². The molecular weight excluding hydrogens is 228 g/mol. The van der Waals surface area contributed by atoms with Crippen LogP contribution in [0.2, 0.25) is 0 Å². The van der Waals surface area contributed by atoms with Crippen molar-refractivity contribution in [3.63, 3.8) is 0 Å². The van der Waals surface area contributed by atoms with Gasteiger partial charge in [0.25, 0.3) is 0 Å². The molecule has 1 rings (SSSR count). The Balaban J connectivity index is 2.77. The maximum Gasteiger partial charge on any atom is 0.246 e. The predicted octanol–water partition coefficient (Wildman–Crippen LogP) is 1.25. The van der Waals surface area contributed by atoms with Crippen molar-refractivity contribution < 1.29 is 9.59 Å². The fourth-order valence-corrected chi connectivity index (χ4v) is 1.85. The van der Waals surface area contributed by atoms with Crippen LogP contribution in [-0.4, -0.2) is 35.3 Å². The topological polar surface area (TPSA) is 49.4 Å². The first-order valence-corrected chi connectivity index (χ1v) is 5.91. The van der Waals surface area contributed by atoms with Crippen LogP contribution in [0.3, 0.4) is 0 Å². The molecule has 1 aliphatic rings. The van der Waals surface area contributed by atoms with Crippen LogP contribution in [0.1, 0.15) is 26.7 Å². The molecule has 1 N–H and O–H groups in total. The van der Waals surface area contributed by atoms with Gasteiger partial charge in [-0.05, 0) is 13.3 Å². The highest BCUT2D eigenvalue weighted by Gasteiger charge is 2.36. The van der Waals surface area contributed by atoms with E-state index in [0.717, 1.165) is 6.42 Å². The van der Waals surface area contributed by atoms with Gasteiger partial charge in [-0.1, -0.05) is 31.0 Å². The predicted molar refractivity (Wildman–Crippen MR) is 63.0 cm³/mol. The Morgan fingerprint density at radius 2 is 2.19 bits per heavy atom. The second-order valence-electron chi connectivity index (χ2n) is 3.88. The molecule has 0 bridgehead atoms. The number of amides is 2. The van der Waals surface area contributed by atoms with E-state index in [1.165, 1.54) is 5.54 Å². The van der Waals surface area contributed by atoms with Gasteiger partial charge in [0.2, 0.25) is 11.8 Å². The van der Waals surface area contributed by atoms with Crippen molar-refractivity contribution in [3.8, 4) is 0 Å². The van der Waals surface area contributed by atoms with Gasteiger partial charge in [-0.15, -0.1) is 0 Å². The van der Waals surface area contributed by atoms with E-state index >= 15 is 0 Å². The number of nitrogens with one attached hydrogen (secondary N) is 1. The van der Waals surface area contributed by atoms with E-state index in [9.17, 15) is 9.59 Å². The molecular formula is C11H17ClN2O2. The minimum atomic E-state index is -0.423. The fraction of sp³-hybridized carbons (Fsp3) is 0.636. The average molecular weight is 245 g/mol. The standard InChI is InChI=1S/C11H17ClN2O2/c1-3-5-9-11(16)14(7-4-6-12)8(2)10(15)13-9/h4,6,8-9H,3,5,7H2,1-2H3,(H,13,15)/b6-4+. The van der Waals surface area contributed by atoms with Crippen molar-refractivity contribution in [1.82, 2.24) is 10.2 Å². The quantitative estimate of drug-likeness (QED) is 0.809. The lowest BCUT2D eigenvalue weighted by Gasteiger charge is -2.36. The largest absolute Gasteiger partial charge is 0.343 e. The highest BCUT2D eigenvalue weighted by Crippen LogP contribution is 2.13. The van der Waals surface area contributed by atoms with E-state index in [1.807, 2.05) is 6.92 Å². The molecule has 1 heterocycles. The summed E-state index contributed by atoms with van der Waals surface area (Å²) in [5.74, 6) is -0.121. The van der Waals surface area contributed by atoms with Crippen LogP contribution in [0.15, 0.2) is 11.6 Å². The van der Waals surface area contributed by atoms with Crippen LogP contribution in [0.4, 0.5) is 0 Å². The van der Waals surface area contributed by atoms with Gasteiger partial charge in [0.1, 0.15) is 12.1 Å². The summed E-state index contributed by atoms with van der Waals surface area (Å²) in [4.78, 5) is 25.2. The Labute approximate surface area is 101 Å². The lowest BCUT2D eigenvalue weighted by atomic mass is 10.0. The zero-order valence-corrected chi connectivity index (χ0v) is 10.3. The number of carbonyl (C=O) groups excluding carboxylic acids is 2. The van der Waals surface area contributed by atoms with E-state index in [0.29, 0.717) is 13.0 Å². The van der Waals surface area contributed by atoms with Gasteiger partial charge in [0.05, 0.1) is 0 Å². The molecule has 2 unspecified atom stereocenters. The van der Waals surface area contributed by atoms with E-state index in [4.69, 9.17) is 11.6 Å². The molecule has 5 heteroatoms. The Kier molecular flexibility index (Phi) is 4.80. The molecule has 0 radical (unpaired) electrons. The van der Waals surface area contributed by atoms with Gasteiger partial charge in [0, 0.05) is 12.1 Å². The van der Waals surface area contributed by atoms with Crippen LogP contribution in [-0.2, 0) is 9.59 Å². The third-order valence-electron chi connectivity index (χ3n) is 2.71. The third kappa shape index (κ3) is 2.76. The minimum Gasteiger partial charge on any atom is -0.343 e. The highest BCUT2D eigenvalue weighted by atomic mass is 35.5. The van der Waals surface area contributed by atoms with E-state index in [-0.39, 0.29) is 17.9 Å². The molecule has 2 atom stereocenters. The van der Waals surface area contributed by atoms with Crippen molar-refractivity contribution in [2.45, 2.75) is 38.8 Å². The molecule has 0 saturated carbocycles. The number of hydrogen-bond acceptors (Lipinski definition) is 2. The van der Waals surface area contributed by atoms with Crippen molar-refractivity contribution in [2.24, 2.45) is 0 Å². The van der Waals surface area contributed by atoms with Crippen LogP contribution in [0, 0.1) is 0 Å². The molecule has 0 aliphatic carbocycles. The number of carbonyl (C=O) groups is 2. The van der Waals surface area contributed by atoms with Gasteiger partial charge in [-0.2, -0.15) is 0 Å². The van der Waals surface area contributed by atoms with Gasteiger partial charge >= 0.3 is 0 Å². The van der Waals surface area contributed by atoms with Gasteiger partial charge in [-0.25, -0.2) is 0 Å². The van der Waals surface area contributed by atoms with E-state index in [2.05, 4.69) is 5.32 Å². The maximum absolute atomic E-state index is 12.0. The molecule has 1 aliphatic heterocycles. The van der Waals surface area contributed by atoms with Crippen molar-refractivity contribution >= 4 is 23.4 Å². The molecule has 16 heavy (non-hydrogen) atoms. The Hall–Kier alpha value is -1.03. The summed E-state index contributed by atoms with van der Waals surface area (Å²) in [6.45, 7) is 4.09. The molecule has 0 aromatic heterocycles. The van der Waals surface area contributed by atoms with E-state index < -0.39 is 6.04 Å². The zero-order chi connectivity index (χ0) is 12.1. The summed E-state index contributed by atoms with van der Waals surface area (Å²) in [7, 11) is 0. The third-order valence-corrected chi connectivity index (χ3v) is 2.89. The lowest BCUT2D eigenvalue weighted by Crippen LogP contribution is -2.62. The van der Waals surface area contributed by atoms with Crippen molar-refractivity contribution in [2.75, 3.05) is 6.54 Å². The Morgan fingerprint density at radius 1 is 1.50 bits per heavy atom. The van der Waals surface area contributed by atoms with Gasteiger partial charge in [-0.3, -0.25) is 9.59 Å². The van der Waals surface area contributed by atoms with Gasteiger partial charge in [0.15, 0.2) is 0 Å². The maximum atomic E-state index is 12.0. The summed E-state index contributed by atoms with van der Waals surface area (Å²) < 4.78 is 0. The molecule has 4 nitrogen and oxygen atoms in total. The summed E-state index contributed by atoms with van der Waals surface area (Å²) >= 11 is 5.43. The Bertz CT molecular complexity index is 304. The molecule has 2 amide bonds. The summed E-state index contributed by atoms with van der Waals surface area (Å²) in [6.07, 6.45) is 3.21. The first-order chi connectivity index (χ1) is 7.61. The lowest BCUT2D eigenvalue weighted by molar-refractivity contribution is -0.148. The van der Waals surface area contributed by atoms with Crippen molar-refractivity contribution in [1.29, 1.82) is 0 Å². The second-order valence-corrected chi connectivity index (χ2v) is 4.13. The molecule has 0 spiro atoms. The normalized spacial score (nSPS) is 26.3. The summed E-state index contributed by atoms with van der Waals surface area (Å²) in [5.41, 5.74) is 1.36. The van der Waals surface area contributed by atoms with Crippen LogP contribution < -0.4 is 5.32 Å². The molecule has 1 saturated heterocycles. The molecule has 0 aromatic carbocycles. The van der Waals surface area contributed by atoms with Crippen LogP contribution in [0.5, 0.6) is 0 Å². The number of halogens is 1. The van der Waals surface area contributed by atoms with Crippen LogP contribution >= 0.6 is 11.6 Å². The first kappa shape index (κ1) is 13.0. The number of hydrogen-bond donors (Lipinski definition) is 1. The fourth-order valence-electron chi connectivity index (χ4n) is 1.77. The summed E-state index contributed by atoms with van der Waals surface area (Å²) in [5, 5.41) is 2.74. The second kappa shape index (κ2) is 5.89. The summed E-state index contributed by atoms with van der Waals surface area (Å²) in [6, 6.07) is -0.800. The SMILES string of the molecule is CCCC1NC(=O)C(C)N(C/C=C/Cl)C1=O. The van der Waals surface area contributed by atoms with Gasteiger partial charge < -0.3 is 10.2 Å². The number of piperazine rings is 1. The highest BCUT2D eigenvalue weighted by molar-refractivity contribution is 6.25.